The maximum Gasteiger partial charge on any atom is 0.0915 e. The summed E-state index contributed by atoms with van der Waals surface area (Å²) in [5.41, 5.74) is 1.18. The first-order valence-corrected chi connectivity index (χ1v) is 5.18. The molecule has 0 saturated heterocycles. The van der Waals surface area contributed by atoms with E-state index >= 15 is 0 Å². The standard InChI is InChI=1S/C9H15NO2S/c1-7-3-5-13-9(7)10-8(6-12)2-4-11/h3,5,8,10-12H,2,4,6H2,1H3. The SMILES string of the molecule is Cc1ccsc1NC(CO)CCO. The Kier molecular flexibility index (Phi) is 4.21. The fourth-order valence-electron chi connectivity index (χ4n) is 1.07. The Bertz CT molecular complexity index is 250. The van der Waals surface area contributed by atoms with Crippen LogP contribution in [-0.4, -0.2) is 29.5 Å². The van der Waals surface area contributed by atoms with Gasteiger partial charge in [-0.2, -0.15) is 0 Å². The second-order valence-corrected chi connectivity index (χ2v) is 3.88. The Hall–Kier alpha value is -0.580. The highest BCUT2D eigenvalue weighted by atomic mass is 32.1. The van der Waals surface area contributed by atoms with Crippen LogP contribution in [0.15, 0.2) is 11.4 Å². The van der Waals surface area contributed by atoms with Gasteiger partial charge in [-0.05, 0) is 30.4 Å². The molecule has 74 valence electrons. The van der Waals surface area contributed by atoms with Crippen LogP contribution in [0.3, 0.4) is 0 Å². The predicted octanol–water partition coefficient (Wildman–Crippen LogP) is 1.21. The lowest BCUT2D eigenvalue weighted by Crippen LogP contribution is -2.24. The molecule has 0 spiro atoms. The lowest BCUT2D eigenvalue weighted by atomic mass is 10.2. The van der Waals surface area contributed by atoms with E-state index in [1.54, 1.807) is 11.3 Å². The summed E-state index contributed by atoms with van der Waals surface area (Å²) >= 11 is 1.62. The molecule has 1 unspecified atom stereocenters. The van der Waals surface area contributed by atoms with Crippen molar-refractivity contribution in [1.82, 2.24) is 0 Å². The van der Waals surface area contributed by atoms with Gasteiger partial charge in [0.2, 0.25) is 0 Å². The molecule has 0 aliphatic carbocycles. The molecule has 4 heteroatoms. The number of anilines is 1. The van der Waals surface area contributed by atoms with Gasteiger partial charge >= 0.3 is 0 Å². The largest absolute Gasteiger partial charge is 0.396 e. The molecule has 0 saturated carbocycles. The minimum atomic E-state index is -0.0395. The van der Waals surface area contributed by atoms with E-state index in [4.69, 9.17) is 10.2 Å². The van der Waals surface area contributed by atoms with Crippen LogP contribution < -0.4 is 5.32 Å². The molecule has 1 aromatic rings. The maximum absolute atomic E-state index is 8.98. The number of aliphatic hydroxyl groups is 2. The fourth-order valence-corrected chi connectivity index (χ4v) is 1.97. The van der Waals surface area contributed by atoms with Crippen LogP contribution in [0.2, 0.25) is 0 Å². The van der Waals surface area contributed by atoms with Crippen molar-refractivity contribution >= 4 is 16.3 Å². The summed E-state index contributed by atoms with van der Waals surface area (Å²) in [4.78, 5) is 0. The van der Waals surface area contributed by atoms with Crippen LogP contribution in [-0.2, 0) is 0 Å². The number of thiophene rings is 1. The Balaban J connectivity index is 2.51. The lowest BCUT2D eigenvalue weighted by Gasteiger charge is -2.15. The number of hydrogen-bond acceptors (Lipinski definition) is 4. The van der Waals surface area contributed by atoms with Gasteiger partial charge in [-0.1, -0.05) is 0 Å². The maximum atomic E-state index is 8.98. The van der Waals surface area contributed by atoms with Gasteiger partial charge in [0.1, 0.15) is 0 Å². The zero-order chi connectivity index (χ0) is 9.68. The van der Waals surface area contributed by atoms with Crippen molar-refractivity contribution in [1.29, 1.82) is 0 Å². The summed E-state index contributed by atoms with van der Waals surface area (Å²) in [6.07, 6.45) is 0.577. The summed E-state index contributed by atoms with van der Waals surface area (Å²) < 4.78 is 0. The van der Waals surface area contributed by atoms with Gasteiger partial charge in [-0.25, -0.2) is 0 Å². The van der Waals surface area contributed by atoms with Gasteiger partial charge in [0.25, 0.3) is 0 Å². The first-order chi connectivity index (χ1) is 6.27. The average molecular weight is 201 g/mol. The van der Waals surface area contributed by atoms with Crippen LogP contribution in [0.25, 0.3) is 0 Å². The summed E-state index contributed by atoms with van der Waals surface area (Å²) in [5, 5.41) is 24.0. The third-order valence-corrected chi connectivity index (χ3v) is 2.84. The fraction of sp³-hybridized carbons (Fsp3) is 0.556. The molecule has 13 heavy (non-hydrogen) atoms. The topological polar surface area (TPSA) is 52.5 Å². The van der Waals surface area contributed by atoms with Crippen molar-refractivity contribution in [3.05, 3.63) is 17.0 Å². The Morgan fingerprint density at radius 3 is 2.77 bits per heavy atom. The summed E-state index contributed by atoms with van der Waals surface area (Å²) in [7, 11) is 0. The van der Waals surface area contributed by atoms with Crippen molar-refractivity contribution in [2.24, 2.45) is 0 Å². The van der Waals surface area contributed by atoms with E-state index in [1.165, 1.54) is 5.56 Å². The Morgan fingerprint density at radius 1 is 1.54 bits per heavy atom. The van der Waals surface area contributed by atoms with Gasteiger partial charge in [0.05, 0.1) is 17.6 Å². The molecule has 0 aliphatic rings. The predicted molar refractivity (Wildman–Crippen MR) is 55.3 cm³/mol. The number of aryl methyl sites for hydroxylation is 1. The highest BCUT2D eigenvalue weighted by molar-refractivity contribution is 7.14. The second kappa shape index (κ2) is 5.21. The normalized spacial score (nSPS) is 12.8. The average Bonchev–Trinajstić information content (AvgIpc) is 2.51. The van der Waals surface area contributed by atoms with E-state index in [-0.39, 0.29) is 19.3 Å². The number of nitrogens with one attached hydrogen (secondary N) is 1. The molecule has 0 fully saturated rings. The zero-order valence-corrected chi connectivity index (χ0v) is 8.47. The first kappa shape index (κ1) is 10.5. The molecule has 0 radical (unpaired) electrons. The molecule has 0 aromatic carbocycles. The van der Waals surface area contributed by atoms with E-state index in [0.717, 1.165) is 5.00 Å². The second-order valence-electron chi connectivity index (χ2n) is 2.97. The van der Waals surface area contributed by atoms with Crippen molar-refractivity contribution in [3.8, 4) is 0 Å². The molecule has 1 heterocycles. The molecule has 1 rings (SSSR count). The first-order valence-electron chi connectivity index (χ1n) is 4.30. The van der Waals surface area contributed by atoms with Crippen LogP contribution in [0.1, 0.15) is 12.0 Å². The van der Waals surface area contributed by atoms with Crippen LogP contribution in [0, 0.1) is 6.92 Å². The summed E-state index contributed by atoms with van der Waals surface area (Å²) in [6.45, 7) is 2.17. The number of aliphatic hydroxyl groups excluding tert-OH is 2. The van der Waals surface area contributed by atoms with Crippen molar-refractivity contribution in [2.45, 2.75) is 19.4 Å². The molecule has 1 aromatic heterocycles. The van der Waals surface area contributed by atoms with Crippen LogP contribution in [0.4, 0.5) is 5.00 Å². The molecule has 3 N–H and O–H groups in total. The van der Waals surface area contributed by atoms with Gasteiger partial charge in [0, 0.05) is 6.61 Å². The molecule has 0 bridgehead atoms. The lowest BCUT2D eigenvalue weighted by molar-refractivity contribution is 0.229. The molecule has 0 aliphatic heterocycles. The summed E-state index contributed by atoms with van der Waals surface area (Å²) in [5.74, 6) is 0. The smallest absolute Gasteiger partial charge is 0.0915 e. The summed E-state index contributed by atoms with van der Waals surface area (Å²) in [6, 6.07) is 1.99. The quantitative estimate of drug-likeness (QED) is 0.671. The van der Waals surface area contributed by atoms with E-state index in [1.807, 2.05) is 18.4 Å². The van der Waals surface area contributed by atoms with Crippen molar-refractivity contribution in [2.75, 3.05) is 18.5 Å². The van der Waals surface area contributed by atoms with Crippen molar-refractivity contribution < 1.29 is 10.2 Å². The van der Waals surface area contributed by atoms with Gasteiger partial charge in [-0.3, -0.25) is 0 Å². The number of hydrogen-bond donors (Lipinski definition) is 3. The highest BCUT2D eigenvalue weighted by Gasteiger charge is 2.08. The van der Waals surface area contributed by atoms with Crippen LogP contribution >= 0.6 is 11.3 Å². The highest BCUT2D eigenvalue weighted by Crippen LogP contribution is 2.22. The number of rotatable bonds is 5. The van der Waals surface area contributed by atoms with Gasteiger partial charge in [-0.15, -0.1) is 11.3 Å². The monoisotopic (exact) mass is 201 g/mol. The van der Waals surface area contributed by atoms with E-state index in [0.29, 0.717) is 6.42 Å². The van der Waals surface area contributed by atoms with E-state index in [2.05, 4.69) is 5.32 Å². The zero-order valence-electron chi connectivity index (χ0n) is 7.66. The molecule has 0 amide bonds. The van der Waals surface area contributed by atoms with Crippen LogP contribution in [0.5, 0.6) is 0 Å². The Labute approximate surface area is 82.0 Å². The van der Waals surface area contributed by atoms with E-state index in [9.17, 15) is 0 Å². The minimum Gasteiger partial charge on any atom is -0.396 e. The molecule has 3 nitrogen and oxygen atoms in total. The molecular weight excluding hydrogens is 186 g/mol. The molecular formula is C9H15NO2S. The van der Waals surface area contributed by atoms with Gasteiger partial charge < -0.3 is 15.5 Å². The Morgan fingerprint density at radius 2 is 2.31 bits per heavy atom. The third kappa shape index (κ3) is 2.99. The van der Waals surface area contributed by atoms with Crippen molar-refractivity contribution in [3.63, 3.8) is 0 Å². The van der Waals surface area contributed by atoms with E-state index < -0.39 is 0 Å². The third-order valence-electron chi connectivity index (χ3n) is 1.90. The minimum absolute atomic E-state index is 0.0395. The molecule has 1 atom stereocenters. The van der Waals surface area contributed by atoms with Gasteiger partial charge in [0.15, 0.2) is 0 Å².